The maximum absolute atomic E-state index is 12.3. The van der Waals surface area contributed by atoms with Gasteiger partial charge in [-0.15, -0.1) is 0 Å². The lowest BCUT2D eigenvalue weighted by Crippen LogP contribution is -2.14. The Morgan fingerprint density at radius 3 is 2.48 bits per heavy atom. The third-order valence-corrected chi connectivity index (χ3v) is 4.89. The van der Waals surface area contributed by atoms with Gasteiger partial charge in [-0.2, -0.15) is 0 Å². The number of benzene rings is 2. The minimum atomic E-state index is -0.436. The van der Waals surface area contributed by atoms with Gasteiger partial charge in [-0.05, 0) is 61.0 Å². The summed E-state index contributed by atoms with van der Waals surface area (Å²) in [6, 6.07) is 13.6. The predicted octanol–water partition coefficient (Wildman–Crippen LogP) is 4.85. The van der Waals surface area contributed by atoms with Gasteiger partial charge >= 0.3 is 5.97 Å². The fraction of sp³-hybridized carbons (Fsp3) is 0.238. The van der Waals surface area contributed by atoms with Crippen LogP contribution in [0, 0.1) is 6.92 Å². The van der Waals surface area contributed by atoms with E-state index in [1.807, 2.05) is 47.9 Å². The molecule has 0 amide bonds. The summed E-state index contributed by atoms with van der Waals surface area (Å²) in [4.78, 5) is 23.9. The van der Waals surface area contributed by atoms with Crippen molar-refractivity contribution in [2.45, 2.75) is 20.8 Å². The van der Waals surface area contributed by atoms with E-state index in [4.69, 9.17) is 9.47 Å². The average molecular weight is 430 g/mol. The number of ketones is 1. The van der Waals surface area contributed by atoms with Gasteiger partial charge in [-0.3, -0.25) is 4.79 Å². The van der Waals surface area contributed by atoms with Crippen molar-refractivity contribution in [2.75, 3.05) is 13.2 Å². The zero-order chi connectivity index (χ0) is 19.6. The van der Waals surface area contributed by atoms with Gasteiger partial charge in [0.2, 0.25) is 0 Å². The molecule has 0 aliphatic heterocycles. The number of esters is 1. The van der Waals surface area contributed by atoms with Crippen LogP contribution in [0.25, 0.3) is 16.6 Å². The molecule has 0 aliphatic carbocycles. The molecule has 2 aromatic carbocycles. The van der Waals surface area contributed by atoms with E-state index in [9.17, 15) is 9.59 Å². The normalized spacial score (nSPS) is 10.8. The Kier molecular flexibility index (Phi) is 5.65. The molecule has 0 bridgehead atoms. The topological polar surface area (TPSA) is 57.5 Å². The lowest BCUT2D eigenvalue weighted by atomic mass is 10.1. The number of hydrogen-bond donors (Lipinski definition) is 0. The number of carbonyl (C=O) groups excluding carboxylic acids is 2. The molecule has 3 aromatic rings. The summed E-state index contributed by atoms with van der Waals surface area (Å²) in [7, 11) is 0. The summed E-state index contributed by atoms with van der Waals surface area (Å²) in [5.74, 6) is 0.0310. The maximum atomic E-state index is 12.3. The minimum Gasteiger partial charge on any atom is -0.481 e. The van der Waals surface area contributed by atoms with Crippen molar-refractivity contribution in [3.05, 3.63) is 58.2 Å². The molecule has 0 unspecified atom stereocenters. The van der Waals surface area contributed by atoms with E-state index in [0.717, 1.165) is 22.3 Å². The number of halogens is 1. The SMILES string of the molecule is CCOC(=O)COc1cc2c(C(C)=O)c(C)n(-c3ccccc3)c2cc1Br. The fourth-order valence-corrected chi connectivity index (χ4v) is 3.67. The Labute approximate surface area is 166 Å². The van der Waals surface area contributed by atoms with E-state index in [2.05, 4.69) is 15.9 Å². The largest absolute Gasteiger partial charge is 0.481 e. The molecular formula is C21H20BrNO4. The highest BCUT2D eigenvalue weighted by Crippen LogP contribution is 2.36. The molecule has 1 aromatic heterocycles. The van der Waals surface area contributed by atoms with Crippen LogP contribution in [0.1, 0.15) is 29.9 Å². The molecule has 0 radical (unpaired) electrons. The molecule has 0 atom stereocenters. The van der Waals surface area contributed by atoms with Crippen LogP contribution in [0.5, 0.6) is 5.75 Å². The highest BCUT2D eigenvalue weighted by Gasteiger charge is 2.20. The predicted molar refractivity (Wildman–Crippen MR) is 108 cm³/mol. The number of hydrogen-bond acceptors (Lipinski definition) is 4. The Morgan fingerprint density at radius 2 is 1.85 bits per heavy atom. The summed E-state index contributed by atoms with van der Waals surface area (Å²) in [6.07, 6.45) is 0. The second-order valence-corrected chi connectivity index (χ2v) is 6.94. The second kappa shape index (κ2) is 7.96. The first-order chi connectivity index (χ1) is 12.9. The summed E-state index contributed by atoms with van der Waals surface area (Å²) in [5, 5.41) is 0.783. The quantitative estimate of drug-likeness (QED) is 0.415. The minimum absolute atomic E-state index is 0.0224. The Morgan fingerprint density at radius 1 is 1.15 bits per heavy atom. The molecule has 6 heteroatoms. The first kappa shape index (κ1) is 19.2. The van der Waals surface area contributed by atoms with E-state index in [0.29, 0.717) is 22.4 Å². The Balaban J connectivity index is 2.14. The first-order valence-electron chi connectivity index (χ1n) is 8.63. The van der Waals surface area contributed by atoms with Gasteiger partial charge in [0.15, 0.2) is 12.4 Å². The van der Waals surface area contributed by atoms with Gasteiger partial charge in [0.05, 0.1) is 16.6 Å². The number of fused-ring (bicyclic) bond motifs is 1. The number of aromatic nitrogens is 1. The van der Waals surface area contributed by atoms with Crippen LogP contribution in [0.15, 0.2) is 46.9 Å². The standard InChI is InChI=1S/C21H20BrNO4/c1-4-26-20(25)12-27-19-10-16-18(11-17(19)22)23(13(2)21(16)14(3)24)15-8-6-5-7-9-15/h5-11H,4,12H2,1-3H3. The number of Topliss-reactive ketones (excluding diaryl/α,β-unsaturated/α-hetero) is 1. The summed E-state index contributed by atoms with van der Waals surface area (Å²) >= 11 is 3.51. The third kappa shape index (κ3) is 3.76. The van der Waals surface area contributed by atoms with E-state index in [1.54, 1.807) is 19.9 Å². The van der Waals surface area contributed by atoms with Crippen molar-refractivity contribution in [1.29, 1.82) is 0 Å². The highest BCUT2D eigenvalue weighted by atomic mass is 79.9. The number of para-hydroxylation sites is 1. The van der Waals surface area contributed by atoms with E-state index in [1.165, 1.54) is 0 Å². The molecule has 140 valence electrons. The number of nitrogens with zero attached hydrogens (tertiary/aromatic N) is 1. The lowest BCUT2D eigenvalue weighted by molar-refractivity contribution is -0.145. The molecule has 0 aliphatic rings. The summed E-state index contributed by atoms with van der Waals surface area (Å²) < 4.78 is 13.2. The lowest BCUT2D eigenvalue weighted by Gasteiger charge is -2.11. The molecule has 5 nitrogen and oxygen atoms in total. The average Bonchev–Trinajstić information content (AvgIpc) is 2.91. The van der Waals surface area contributed by atoms with E-state index < -0.39 is 5.97 Å². The second-order valence-electron chi connectivity index (χ2n) is 6.08. The van der Waals surface area contributed by atoms with Gasteiger partial charge in [-0.25, -0.2) is 4.79 Å². The third-order valence-electron chi connectivity index (χ3n) is 4.27. The molecule has 0 saturated carbocycles. The van der Waals surface area contributed by atoms with Crippen LogP contribution < -0.4 is 4.74 Å². The van der Waals surface area contributed by atoms with Crippen LogP contribution in [-0.4, -0.2) is 29.5 Å². The van der Waals surface area contributed by atoms with E-state index in [-0.39, 0.29) is 12.4 Å². The van der Waals surface area contributed by atoms with E-state index >= 15 is 0 Å². The Bertz CT molecular complexity index is 1010. The smallest absolute Gasteiger partial charge is 0.344 e. The fourth-order valence-electron chi connectivity index (χ4n) is 3.22. The maximum Gasteiger partial charge on any atom is 0.344 e. The van der Waals surface area contributed by atoms with Crippen LogP contribution in [0.3, 0.4) is 0 Å². The van der Waals surface area contributed by atoms with Crippen LogP contribution in [-0.2, 0) is 9.53 Å². The zero-order valence-electron chi connectivity index (χ0n) is 15.4. The van der Waals surface area contributed by atoms with Crippen molar-refractivity contribution in [3.8, 4) is 11.4 Å². The van der Waals surface area contributed by atoms with Crippen LogP contribution in [0.2, 0.25) is 0 Å². The van der Waals surface area contributed by atoms with Crippen molar-refractivity contribution < 1.29 is 19.1 Å². The van der Waals surface area contributed by atoms with Crippen LogP contribution >= 0.6 is 15.9 Å². The van der Waals surface area contributed by atoms with Gasteiger partial charge < -0.3 is 14.0 Å². The molecule has 1 heterocycles. The molecule has 0 fully saturated rings. The van der Waals surface area contributed by atoms with Crippen molar-refractivity contribution in [2.24, 2.45) is 0 Å². The summed E-state index contributed by atoms with van der Waals surface area (Å²) in [6.45, 7) is 5.34. The van der Waals surface area contributed by atoms with Crippen LogP contribution in [0.4, 0.5) is 0 Å². The molecular weight excluding hydrogens is 410 g/mol. The molecule has 3 rings (SSSR count). The zero-order valence-corrected chi connectivity index (χ0v) is 17.0. The number of ether oxygens (including phenoxy) is 2. The van der Waals surface area contributed by atoms with Gasteiger partial charge in [0.25, 0.3) is 0 Å². The summed E-state index contributed by atoms with van der Waals surface area (Å²) in [5.41, 5.74) is 3.36. The molecule has 27 heavy (non-hydrogen) atoms. The molecule has 0 spiro atoms. The van der Waals surface area contributed by atoms with Gasteiger partial charge in [0.1, 0.15) is 5.75 Å². The van der Waals surface area contributed by atoms with Gasteiger partial charge in [0, 0.05) is 22.3 Å². The van der Waals surface area contributed by atoms with Crippen molar-refractivity contribution in [1.82, 2.24) is 4.57 Å². The highest BCUT2D eigenvalue weighted by molar-refractivity contribution is 9.10. The number of carbonyl (C=O) groups is 2. The van der Waals surface area contributed by atoms with Crippen molar-refractivity contribution >= 4 is 38.6 Å². The Hall–Kier alpha value is -2.60. The molecule has 0 N–H and O–H groups in total. The van der Waals surface area contributed by atoms with Gasteiger partial charge in [-0.1, -0.05) is 18.2 Å². The monoisotopic (exact) mass is 429 g/mol. The number of rotatable bonds is 6. The molecule has 0 saturated heterocycles. The van der Waals surface area contributed by atoms with Crippen molar-refractivity contribution in [3.63, 3.8) is 0 Å². The first-order valence-corrected chi connectivity index (χ1v) is 9.42.